The van der Waals surface area contributed by atoms with E-state index in [4.69, 9.17) is 6.85 Å². The van der Waals surface area contributed by atoms with Crippen molar-refractivity contribution >= 4 is 0 Å². The molecule has 0 amide bonds. The average molecular weight is 333 g/mol. The average Bonchev–Trinajstić information content (AvgIpc) is 3.32. The normalized spacial score (nSPS) is 19.1. The Morgan fingerprint density at radius 1 is 1.12 bits per heavy atom. The van der Waals surface area contributed by atoms with Crippen molar-refractivity contribution in [3.05, 3.63) is 49.0 Å². The van der Waals surface area contributed by atoms with Crippen molar-refractivity contribution in [3.8, 4) is 0 Å². The molecule has 2 aromatic heterocycles. The SMILES string of the molecule is C=CC[n+]1cc2n(n1)CCCC2.[2H]C([2H])=C([2H])C([2H])([2H])[n+]1cc2n(n1)CCCC2. The van der Waals surface area contributed by atoms with E-state index < -0.39 is 19.1 Å². The van der Waals surface area contributed by atoms with E-state index in [-0.39, 0.29) is 0 Å². The maximum Gasteiger partial charge on any atom is 0.167 e. The van der Waals surface area contributed by atoms with Crippen LogP contribution in [0.1, 0.15) is 43.9 Å². The van der Waals surface area contributed by atoms with Crippen LogP contribution in [0.3, 0.4) is 0 Å². The van der Waals surface area contributed by atoms with Crippen molar-refractivity contribution in [2.45, 2.75) is 64.7 Å². The third-order valence-corrected chi connectivity index (χ3v) is 4.25. The predicted molar refractivity (Wildman–Crippen MR) is 91.1 cm³/mol. The number of fused-ring (bicyclic) bond motifs is 2. The lowest BCUT2D eigenvalue weighted by atomic mass is 10.1. The van der Waals surface area contributed by atoms with Crippen LogP contribution in [-0.2, 0) is 39.0 Å². The Labute approximate surface area is 150 Å². The van der Waals surface area contributed by atoms with E-state index in [1.165, 1.54) is 25.0 Å². The summed E-state index contributed by atoms with van der Waals surface area (Å²) < 4.78 is 43.8. The molecule has 0 atom stereocenters. The van der Waals surface area contributed by atoms with Gasteiger partial charge in [-0.2, -0.15) is 0 Å². The molecule has 2 aliphatic rings. The lowest BCUT2D eigenvalue weighted by Gasteiger charge is -2.03. The molecule has 0 bridgehead atoms. The van der Waals surface area contributed by atoms with Crippen molar-refractivity contribution in [3.63, 3.8) is 0 Å². The second-order valence-corrected chi connectivity index (χ2v) is 6.07. The first-order valence-corrected chi connectivity index (χ1v) is 8.54. The Bertz CT molecular complexity index is 850. The van der Waals surface area contributed by atoms with Crippen LogP contribution in [0.2, 0.25) is 0 Å². The number of allylic oxidation sites excluding steroid dienone is 2. The minimum absolute atomic E-state index is 0.682. The fraction of sp³-hybridized carbons (Fsp3) is 0.556. The van der Waals surface area contributed by atoms with Crippen molar-refractivity contribution in [1.29, 1.82) is 0 Å². The van der Waals surface area contributed by atoms with Gasteiger partial charge in [0, 0.05) is 12.8 Å². The highest BCUT2D eigenvalue weighted by molar-refractivity contribution is 4.94. The molecule has 2 aromatic rings. The lowest BCUT2D eigenvalue weighted by Crippen LogP contribution is -2.35. The molecule has 0 unspecified atom stereocenters. The quantitative estimate of drug-likeness (QED) is 0.627. The van der Waals surface area contributed by atoms with Crippen LogP contribution in [-0.4, -0.2) is 19.8 Å². The zero-order valence-electron chi connectivity index (χ0n) is 19.0. The van der Waals surface area contributed by atoms with Crippen LogP contribution in [0.25, 0.3) is 0 Å². The molecule has 4 heterocycles. The minimum Gasteiger partial charge on any atom is -0.134 e. The molecule has 6 nitrogen and oxygen atoms in total. The number of aryl methyl sites for hydroxylation is 4. The molecule has 24 heavy (non-hydrogen) atoms. The van der Waals surface area contributed by atoms with Gasteiger partial charge in [-0.05, 0) is 37.8 Å². The fourth-order valence-electron chi connectivity index (χ4n) is 3.10. The van der Waals surface area contributed by atoms with Crippen LogP contribution in [0.5, 0.6) is 0 Å². The van der Waals surface area contributed by atoms with Gasteiger partial charge >= 0.3 is 0 Å². The Morgan fingerprint density at radius 3 is 2.33 bits per heavy atom. The van der Waals surface area contributed by atoms with E-state index in [1.54, 1.807) is 10.9 Å². The number of hydrogen-bond donors (Lipinski definition) is 0. The summed E-state index contributed by atoms with van der Waals surface area (Å²) in [5.41, 5.74) is 2.30. The summed E-state index contributed by atoms with van der Waals surface area (Å²) in [6.07, 6.45) is 12.2. The zero-order chi connectivity index (χ0) is 21.0. The molecule has 0 spiro atoms. The molecule has 0 fully saturated rings. The monoisotopic (exact) mass is 333 g/mol. The van der Waals surface area contributed by atoms with Gasteiger partial charge in [-0.25, -0.2) is 0 Å². The van der Waals surface area contributed by atoms with Gasteiger partial charge in [-0.15, -0.1) is 18.7 Å². The van der Waals surface area contributed by atoms with Gasteiger partial charge in [0.25, 0.3) is 0 Å². The number of nitrogens with zero attached hydrogens (tertiary/aromatic N) is 6. The highest BCUT2D eigenvalue weighted by Gasteiger charge is 2.19. The largest absolute Gasteiger partial charge is 0.167 e. The molecule has 0 N–H and O–H groups in total. The molecule has 2 aliphatic heterocycles. The fourth-order valence-corrected chi connectivity index (χ4v) is 3.10. The smallest absolute Gasteiger partial charge is 0.134 e. The van der Waals surface area contributed by atoms with E-state index >= 15 is 0 Å². The maximum absolute atomic E-state index is 7.75. The molecule has 0 aliphatic carbocycles. The van der Waals surface area contributed by atoms with Gasteiger partial charge in [0.2, 0.25) is 0 Å². The van der Waals surface area contributed by atoms with Crippen molar-refractivity contribution in [1.82, 2.24) is 19.8 Å². The maximum atomic E-state index is 7.75. The first-order valence-electron chi connectivity index (χ1n) is 11.0. The number of hydrogen-bond acceptors (Lipinski definition) is 2. The second kappa shape index (κ2) is 8.04. The molecular weight excluding hydrogens is 300 g/mol. The number of rotatable bonds is 4. The van der Waals surface area contributed by atoms with Crippen molar-refractivity contribution in [2.24, 2.45) is 0 Å². The van der Waals surface area contributed by atoms with Gasteiger partial charge in [-0.3, -0.25) is 0 Å². The summed E-state index contributed by atoms with van der Waals surface area (Å²) in [6.45, 7) is 3.29. The van der Waals surface area contributed by atoms with E-state index in [0.29, 0.717) is 0 Å². The molecule has 0 radical (unpaired) electrons. The third-order valence-electron chi connectivity index (χ3n) is 4.25. The predicted octanol–water partition coefficient (Wildman–Crippen LogP) is 1.39. The molecule has 0 saturated carbocycles. The Kier molecular flexibility index (Phi) is 3.80. The Morgan fingerprint density at radius 2 is 1.75 bits per heavy atom. The first-order chi connectivity index (χ1) is 13.8. The van der Waals surface area contributed by atoms with Crippen LogP contribution >= 0.6 is 0 Å². The second-order valence-electron chi connectivity index (χ2n) is 6.07. The summed E-state index contributed by atoms with van der Waals surface area (Å²) in [5, 5.41) is 8.47. The topological polar surface area (TPSA) is 43.4 Å². The van der Waals surface area contributed by atoms with E-state index in [1.807, 2.05) is 10.8 Å². The van der Waals surface area contributed by atoms with Gasteiger partial charge < -0.3 is 0 Å². The van der Waals surface area contributed by atoms with Gasteiger partial charge in [0.15, 0.2) is 23.8 Å². The third kappa shape index (κ3) is 3.99. The molecular formula is C18H28N6+2. The van der Waals surface area contributed by atoms with Gasteiger partial charge in [-0.1, -0.05) is 13.1 Å². The minimum atomic E-state index is -2.23. The van der Waals surface area contributed by atoms with E-state index in [2.05, 4.69) is 27.9 Å². The standard InChI is InChI=1S/2C9H14N3/c2*1-2-6-11-8-9-5-3-4-7-12(9)10-11/h2*2,8H,1,3-7H2/q2*+1/i1D2,2D,6D2;. The van der Waals surface area contributed by atoms with Crippen LogP contribution < -0.4 is 9.36 Å². The summed E-state index contributed by atoms with van der Waals surface area (Å²) >= 11 is 0. The summed E-state index contributed by atoms with van der Waals surface area (Å²) in [4.78, 5) is 0. The van der Waals surface area contributed by atoms with Crippen LogP contribution in [0.4, 0.5) is 0 Å². The molecule has 0 aromatic carbocycles. The molecule has 0 saturated heterocycles. The molecule has 4 rings (SSSR count). The molecule has 128 valence electrons. The van der Waals surface area contributed by atoms with Gasteiger partial charge in [0.1, 0.15) is 26.1 Å². The molecule has 6 heteroatoms. The summed E-state index contributed by atoms with van der Waals surface area (Å²) in [5.74, 6) is 0. The highest BCUT2D eigenvalue weighted by Crippen LogP contribution is 2.10. The van der Waals surface area contributed by atoms with Crippen LogP contribution in [0.15, 0.2) is 37.6 Å². The van der Waals surface area contributed by atoms with E-state index in [9.17, 15) is 0 Å². The summed E-state index contributed by atoms with van der Waals surface area (Å²) in [7, 11) is 0. The Balaban J connectivity index is 0.000000176. The van der Waals surface area contributed by atoms with Crippen molar-refractivity contribution < 1.29 is 16.2 Å². The lowest BCUT2D eigenvalue weighted by molar-refractivity contribution is -0.746. The Hall–Kier alpha value is -2.24. The first kappa shape index (κ1) is 11.3. The van der Waals surface area contributed by atoms with Crippen LogP contribution in [0, 0.1) is 0 Å². The zero-order valence-corrected chi connectivity index (χ0v) is 14.0. The summed E-state index contributed by atoms with van der Waals surface area (Å²) in [6, 6.07) is -0.682. The van der Waals surface area contributed by atoms with E-state index in [0.717, 1.165) is 49.3 Å². The number of aromatic nitrogens is 6. The van der Waals surface area contributed by atoms with Gasteiger partial charge in [0.05, 0.1) is 17.3 Å². The van der Waals surface area contributed by atoms with Crippen molar-refractivity contribution in [2.75, 3.05) is 0 Å². The highest BCUT2D eigenvalue weighted by atomic mass is 15.5.